The molecule has 19 heavy (non-hydrogen) atoms. The molecule has 0 saturated heterocycles. The second kappa shape index (κ2) is 4.23. The van der Waals surface area contributed by atoms with Crippen LogP contribution in [0.15, 0.2) is 48.5 Å². The quantitative estimate of drug-likeness (QED) is 0.763. The standard InChI is InChI=1S/C17H16O2/c1-12-8-9-14-15(10-12)17(2,19-16(14)18)11-13-6-4-3-5-7-13/h3-10H,11H2,1-2H3. The minimum Gasteiger partial charge on any atom is -0.450 e. The van der Waals surface area contributed by atoms with Crippen molar-refractivity contribution >= 4 is 5.97 Å². The number of ether oxygens (including phenoxy) is 1. The SMILES string of the molecule is Cc1ccc2c(c1)C(C)(Cc1ccccc1)OC2=O. The largest absolute Gasteiger partial charge is 0.450 e. The Kier molecular flexibility index (Phi) is 2.67. The van der Waals surface area contributed by atoms with E-state index in [2.05, 4.69) is 18.2 Å². The van der Waals surface area contributed by atoms with Crippen LogP contribution in [0.5, 0.6) is 0 Å². The first-order valence-electron chi connectivity index (χ1n) is 6.47. The van der Waals surface area contributed by atoms with Crippen molar-refractivity contribution in [2.75, 3.05) is 0 Å². The molecule has 0 saturated carbocycles. The first-order valence-corrected chi connectivity index (χ1v) is 6.47. The van der Waals surface area contributed by atoms with E-state index in [0.29, 0.717) is 12.0 Å². The second-order valence-electron chi connectivity index (χ2n) is 5.33. The van der Waals surface area contributed by atoms with Gasteiger partial charge in [0.2, 0.25) is 0 Å². The van der Waals surface area contributed by atoms with Crippen molar-refractivity contribution in [1.82, 2.24) is 0 Å². The molecule has 3 rings (SSSR count). The van der Waals surface area contributed by atoms with Gasteiger partial charge in [-0.1, -0.05) is 48.0 Å². The van der Waals surface area contributed by atoms with E-state index < -0.39 is 5.60 Å². The number of hydrogen-bond acceptors (Lipinski definition) is 2. The fraction of sp³-hybridized carbons (Fsp3) is 0.235. The van der Waals surface area contributed by atoms with Crippen LogP contribution in [0.25, 0.3) is 0 Å². The van der Waals surface area contributed by atoms with Gasteiger partial charge in [-0.25, -0.2) is 4.79 Å². The topological polar surface area (TPSA) is 26.3 Å². The minimum atomic E-state index is -0.556. The van der Waals surface area contributed by atoms with E-state index in [1.807, 2.05) is 44.2 Å². The Labute approximate surface area is 113 Å². The van der Waals surface area contributed by atoms with Crippen LogP contribution in [0, 0.1) is 6.92 Å². The fourth-order valence-electron chi connectivity index (χ4n) is 2.70. The van der Waals surface area contributed by atoms with Gasteiger partial charge in [0.1, 0.15) is 5.60 Å². The number of hydrogen-bond donors (Lipinski definition) is 0. The third-order valence-electron chi connectivity index (χ3n) is 3.67. The van der Waals surface area contributed by atoms with E-state index in [1.165, 1.54) is 5.56 Å². The van der Waals surface area contributed by atoms with Crippen molar-refractivity contribution in [2.24, 2.45) is 0 Å². The van der Waals surface area contributed by atoms with E-state index in [4.69, 9.17) is 4.74 Å². The zero-order valence-corrected chi connectivity index (χ0v) is 11.1. The number of rotatable bonds is 2. The molecule has 1 heterocycles. The predicted octanol–water partition coefficient (Wildman–Crippen LogP) is 3.62. The summed E-state index contributed by atoms with van der Waals surface area (Å²) in [4.78, 5) is 12.0. The molecule has 1 atom stereocenters. The minimum absolute atomic E-state index is 0.214. The Balaban J connectivity index is 2.03. The molecular weight excluding hydrogens is 236 g/mol. The molecule has 0 fully saturated rings. The van der Waals surface area contributed by atoms with Crippen LogP contribution < -0.4 is 0 Å². The van der Waals surface area contributed by atoms with Gasteiger partial charge < -0.3 is 4.74 Å². The maximum atomic E-state index is 12.0. The number of carbonyl (C=O) groups excluding carboxylic acids is 1. The van der Waals surface area contributed by atoms with Crippen LogP contribution in [0.3, 0.4) is 0 Å². The van der Waals surface area contributed by atoms with Gasteiger partial charge >= 0.3 is 5.97 Å². The highest BCUT2D eigenvalue weighted by Gasteiger charge is 2.41. The average Bonchev–Trinajstić information content (AvgIpc) is 2.62. The summed E-state index contributed by atoms with van der Waals surface area (Å²) in [6.07, 6.45) is 0.704. The van der Waals surface area contributed by atoms with Crippen LogP contribution in [-0.2, 0) is 16.8 Å². The molecule has 1 unspecified atom stereocenters. The lowest BCUT2D eigenvalue weighted by Crippen LogP contribution is -2.25. The molecule has 0 N–H and O–H groups in total. The molecule has 2 heteroatoms. The Morgan fingerprint density at radius 2 is 1.84 bits per heavy atom. The number of esters is 1. The monoisotopic (exact) mass is 252 g/mol. The lowest BCUT2D eigenvalue weighted by atomic mass is 9.87. The molecule has 2 nitrogen and oxygen atoms in total. The van der Waals surface area contributed by atoms with E-state index in [1.54, 1.807) is 0 Å². The molecule has 96 valence electrons. The summed E-state index contributed by atoms with van der Waals surface area (Å²) in [6, 6.07) is 16.0. The normalized spacial score (nSPS) is 21.1. The van der Waals surface area contributed by atoms with E-state index in [9.17, 15) is 4.79 Å². The maximum Gasteiger partial charge on any atom is 0.339 e. The number of carbonyl (C=O) groups is 1. The third-order valence-corrected chi connectivity index (χ3v) is 3.67. The Morgan fingerprint density at radius 1 is 1.11 bits per heavy atom. The van der Waals surface area contributed by atoms with Crippen LogP contribution in [0.1, 0.15) is 34.0 Å². The van der Waals surface area contributed by atoms with Crippen LogP contribution >= 0.6 is 0 Å². The first-order chi connectivity index (χ1) is 9.08. The highest BCUT2D eigenvalue weighted by molar-refractivity contribution is 5.94. The summed E-state index contributed by atoms with van der Waals surface area (Å²) in [5, 5.41) is 0. The summed E-state index contributed by atoms with van der Waals surface area (Å²) in [5.41, 5.74) is 3.47. The molecule has 1 aliphatic rings. The zero-order valence-electron chi connectivity index (χ0n) is 11.1. The van der Waals surface area contributed by atoms with Crippen molar-refractivity contribution in [3.8, 4) is 0 Å². The van der Waals surface area contributed by atoms with Crippen LogP contribution in [-0.4, -0.2) is 5.97 Å². The lowest BCUT2D eigenvalue weighted by Gasteiger charge is -2.24. The van der Waals surface area contributed by atoms with E-state index in [-0.39, 0.29) is 5.97 Å². The molecular formula is C17H16O2. The van der Waals surface area contributed by atoms with Crippen LogP contribution in [0.2, 0.25) is 0 Å². The highest BCUT2D eigenvalue weighted by Crippen LogP contribution is 2.39. The van der Waals surface area contributed by atoms with Gasteiger partial charge in [-0.2, -0.15) is 0 Å². The number of benzene rings is 2. The highest BCUT2D eigenvalue weighted by atomic mass is 16.6. The number of cyclic esters (lactones) is 1. The summed E-state index contributed by atoms with van der Waals surface area (Å²) in [5.74, 6) is -0.214. The van der Waals surface area contributed by atoms with Gasteiger partial charge in [-0.3, -0.25) is 0 Å². The summed E-state index contributed by atoms with van der Waals surface area (Å²) in [7, 11) is 0. The molecule has 2 aromatic carbocycles. The predicted molar refractivity (Wildman–Crippen MR) is 74.1 cm³/mol. The zero-order chi connectivity index (χ0) is 13.5. The summed E-state index contributed by atoms with van der Waals surface area (Å²) < 4.78 is 5.64. The van der Waals surface area contributed by atoms with Gasteiger partial charge in [0.15, 0.2) is 0 Å². The van der Waals surface area contributed by atoms with Crippen LogP contribution in [0.4, 0.5) is 0 Å². The molecule has 0 radical (unpaired) electrons. The van der Waals surface area contributed by atoms with E-state index in [0.717, 1.165) is 11.1 Å². The molecule has 0 aromatic heterocycles. The van der Waals surface area contributed by atoms with Gasteiger partial charge in [-0.15, -0.1) is 0 Å². The van der Waals surface area contributed by atoms with Gasteiger partial charge in [-0.05, 0) is 25.5 Å². The lowest BCUT2D eigenvalue weighted by molar-refractivity contribution is 0.00117. The summed E-state index contributed by atoms with van der Waals surface area (Å²) in [6.45, 7) is 4.02. The number of fused-ring (bicyclic) bond motifs is 1. The molecule has 0 spiro atoms. The molecule has 0 aliphatic carbocycles. The van der Waals surface area contributed by atoms with Crippen molar-refractivity contribution in [2.45, 2.75) is 25.9 Å². The Bertz CT molecular complexity index is 631. The Hall–Kier alpha value is -2.09. The molecule has 0 bridgehead atoms. The van der Waals surface area contributed by atoms with Gasteiger partial charge in [0.25, 0.3) is 0 Å². The second-order valence-corrected chi connectivity index (χ2v) is 5.33. The van der Waals surface area contributed by atoms with Gasteiger partial charge in [0, 0.05) is 12.0 Å². The number of aryl methyl sites for hydroxylation is 1. The average molecular weight is 252 g/mol. The first kappa shape index (κ1) is 12.0. The maximum absolute atomic E-state index is 12.0. The van der Waals surface area contributed by atoms with Crippen molar-refractivity contribution < 1.29 is 9.53 Å². The summed E-state index contributed by atoms with van der Waals surface area (Å²) >= 11 is 0. The molecule has 0 amide bonds. The van der Waals surface area contributed by atoms with Crippen molar-refractivity contribution in [3.63, 3.8) is 0 Å². The van der Waals surface area contributed by atoms with E-state index >= 15 is 0 Å². The molecule has 2 aromatic rings. The Morgan fingerprint density at radius 3 is 2.58 bits per heavy atom. The smallest absolute Gasteiger partial charge is 0.339 e. The fourth-order valence-corrected chi connectivity index (χ4v) is 2.70. The van der Waals surface area contributed by atoms with Crippen molar-refractivity contribution in [3.05, 3.63) is 70.8 Å². The molecule has 1 aliphatic heterocycles. The third kappa shape index (κ3) is 2.03. The van der Waals surface area contributed by atoms with Gasteiger partial charge in [0.05, 0.1) is 5.56 Å². The van der Waals surface area contributed by atoms with Crippen molar-refractivity contribution in [1.29, 1.82) is 0 Å².